The number of aryl methyl sites for hydroxylation is 2. The molecule has 31 heavy (non-hydrogen) atoms. The highest BCUT2D eigenvalue weighted by atomic mass is 32.1. The van der Waals surface area contributed by atoms with Crippen molar-refractivity contribution in [3.8, 4) is 5.88 Å². The average Bonchev–Trinajstić information content (AvgIpc) is 3.44. The third-order valence-electron chi connectivity index (χ3n) is 5.14. The number of anilines is 2. The van der Waals surface area contributed by atoms with E-state index in [0.29, 0.717) is 17.7 Å². The number of nitrogens with two attached hydrogens (primary N) is 2. The van der Waals surface area contributed by atoms with E-state index in [9.17, 15) is 9.18 Å². The van der Waals surface area contributed by atoms with Gasteiger partial charge in [0.25, 0.3) is 5.91 Å². The van der Waals surface area contributed by atoms with E-state index < -0.39 is 5.91 Å². The number of alkyl halides is 1. The number of carbonyl (C=O) groups is 1. The van der Waals surface area contributed by atoms with Crippen LogP contribution in [0.3, 0.4) is 0 Å². The summed E-state index contributed by atoms with van der Waals surface area (Å²) in [6.45, 7) is 5.00. The number of pyridine rings is 2. The molecule has 0 unspecified atom stereocenters. The van der Waals surface area contributed by atoms with Crippen molar-refractivity contribution in [1.82, 2.24) is 9.97 Å². The minimum Gasteiger partial charge on any atom is -0.477 e. The Morgan fingerprint density at radius 2 is 1.87 bits per heavy atom. The molecule has 9 heteroatoms. The molecule has 3 aromatic rings. The smallest absolute Gasteiger partial charge is 0.260 e. The molecule has 0 saturated carbocycles. The molecule has 5 heterocycles. The van der Waals surface area contributed by atoms with Gasteiger partial charge in [-0.2, -0.15) is 4.98 Å². The fourth-order valence-corrected chi connectivity index (χ4v) is 4.59. The highest BCUT2D eigenvalue weighted by Gasteiger charge is 2.17. The summed E-state index contributed by atoms with van der Waals surface area (Å²) in [4.78, 5) is 23.4. The van der Waals surface area contributed by atoms with Gasteiger partial charge in [-0.05, 0) is 56.9 Å². The second-order valence-electron chi connectivity index (χ2n) is 7.29. The van der Waals surface area contributed by atoms with Gasteiger partial charge < -0.3 is 21.1 Å². The number of aromatic nitrogens is 2. The fourth-order valence-electron chi connectivity index (χ4n) is 3.60. The van der Waals surface area contributed by atoms with Gasteiger partial charge in [-0.25, -0.2) is 4.98 Å². The zero-order chi connectivity index (χ0) is 22.4. The van der Waals surface area contributed by atoms with E-state index in [0.717, 1.165) is 60.1 Å². The van der Waals surface area contributed by atoms with Crippen LogP contribution in [0.2, 0.25) is 0 Å². The Morgan fingerprint density at radius 1 is 1.13 bits per heavy atom. The van der Waals surface area contributed by atoms with Gasteiger partial charge in [0.2, 0.25) is 5.88 Å². The van der Waals surface area contributed by atoms with Crippen molar-refractivity contribution < 1.29 is 13.9 Å². The number of nitrogens with zero attached hydrogens (tertiary/aromatic N) is 3. The minimum atomic E-state index is -0.497. The predicted molar refractivity (Wildman–Crippen MR) is 124 cm³/mol. The van der Waals surface area contributed by atoms with E-state index in [4.69, 9.17) is 16.2 Å². The Labute approximate surface area is 185 Å². The van der Waals surface area contributed by atoms with Gasteiger partial charge in [0, 0.05) is 29.7 Å². The Morgan fingerprint density at radius 3 is 2.58 bits per heavy atom. The van der Waals surface area contributed by atoms with Crippen LogP contribution in [0.15, 0.2) is 24.3 Å². The summed E-state index contributed by atoms with van der Waals surface area (Å²) in [5.41, 5.74) is 13.5. The summed E-state index contributed by atoms with van der Waals surface area (Å²) in [6, 6.07) is 8.03. The highest BCUT2D eigenvalue weighted by Crippen LogP contribution is 2.32. The molecule has 0 radical (unpaired) electrons. The molecule has 166 valence electrons. The summed E-state index contributed by atoms with van der Waals surface area (Å²) >= 11 is 1.24. The van der Waals surface area contributed by atoms with Gasteiger partial charge in [0.1, 0.15) is 15.5 Å². The predicted octanol–water partition coefficient (Wildman–Crippen LogP) is 3.88. The summed E-state index contributed by atoms with van der Waals surface area (Å²) in [5.74, 6) is 1.46. The number of primary amides is 1. The van der Waals surface area contributed by atoms with Gasteiger partial charge in [0.05, 0.1) is 19.5 Å². The Bertz CT molecular complexity index is 1050. The number of hydrogen-bond acceptors (Lipinski definition) is 7. The minimum absolute atomic E-state index is 0.387. The molecule has 3 aromatic heterocycles. The second kappa shape index (κ2) is 10.4. The molecule has 2 aliphatic rings. The maximum atomic E-state index is 11.0. The van der Waals surface area contributed by atoms with E-state index in [2.05, 4.69) is 27.0 Å². The lowest BCUT2D eigenvalue weighted by atomic mass is 10.1. The first kappa shape index (κ1) is 22.7. The molecular formula is C22H28FN5O2S. The van der Waals surface area contributed by atoms with Crippen LogP contribution in [-0.4, -0.2) is 42.7 Å². The number of hydrogen-bond donors (Lipinski definition) is 2. The Hall–Kier alpha value is -2.94. The fraction of sp³-hybridized carbons (Fsp3) is 0.409. The normalized spacial score (nSPS) is 14.6. The molecule has 1 amide bonds. The molecule has 5 rings (SSSR count). The topological polar surface area (TPSA) is 107 Å². The van der Waals surface area contributed by atoms with Crippen molar-refractivity contribution >= 4 is 39.0 Å². The molecule has 0 aromatic carbocycles. The summed E-state index contributed by atoms with van der Waals surface area (Å²) < 4.78 is 15.1. The third kappa shape index (κ3) is 5.22. The highest BCUT2D eigenvalue weighted by molar-refractivity contribution is 7.21. The summed E-state index contributed by atoms with van der Waals surface area (Å²) in [7, 11) is 0.500. The molecule has 4 N–H and O–H groups in total. The van der Waals surface area contributed by atoms with Crippen LogP contribution in [0.25, 0.3) is 10.2 Å². The number of amides is 1. The zero-order valence-electron chi connectivity index (χ0n) is 17.9. The lowest BCUT2D eigenvalue weighted by molar-refractivity contribution is 0.100. The van der Waals surface area contributed by atoms with Gasteiger partial charge in [-0.15, -0.1) is 11.3 Å². The van der Waals surface area contributed by atoms with Crippen LogP contribution in [-0.2, 0) is 6.42 Å². The number of thiophene rings is 1. The van der Waals surface area contributed by atoms with E-state index in [1.807, 2.05) is 19.1 Å². The quantitative estimate of drug-likeness (QED) is 0.620. The van der Waals surface area contributed by atoms with Crippen molar-refractivity contribution in [2.45, 2.75) is 32.6 Å². The summed E-state index contributed by atoms with van der Waals surface area (Å²) in [6.07, 6.45) is 4.82. The number of carbonyl (C=O) groups excluding carboxylic acids is 1. The Balaban J connectivity index is 0.000000163. The van der Waals surface area contributed by atoms with Crippen LogP contribution >= 0.6 is 11.3 Å². The number of nitrogen functional groups attached to an aromatic ring is 1. The number of rotatable bonds is 2. The van der Waals surface area contributed by atoms with Crippen molar-refractivity contribution in [3.05, 3.63) is 40.4 Å². The molecule has 2 aliphatic heterocycles. The average molecular weight is 446 g/mol. The van der Waals surface area contributed by atoms with Crippen molar-refractivity contribution in [3.63, 3.8) is 0 Å². The van der Waals surface area contributed by atoms with Crippen LogP contribution < -0.4 is 21.1 Å². The molecule has 0 aliphatic carbocycles. The lowest BCUT2D eigenvalue weighted by Gasteiger charge is -2.21. The van der Waals surface area contributed by atoms with Crippen molar-refractivity contribution in [1.29, 1.82) is 0 Å². The van der Waals surface area contributed by atoms with Gasteiger partial charge in [-0.3, -0.25) is 9.18 Å². The molecular weight excluding hydrogens is 417 g/mol. The van der Waals surface area contributed by atoms with Crippen LogP contribution in [0.5, 0.6) is 5.88 Å². The number of halogens is 1. The van der Waals surface area contributed by atoms with Crippen LogP contribution in [0.1, 0.15) is 40.2 Å². The number of ether oxygens (including phenoxy) is 1. The first-order valence-electron chi connectivity index (χ1n) is 10.2. The summed E-state index contributed by atoms with van der Waals surface area (Å²) in [5, 5.41) is 0.800. The Kier molecular flexibility index (Phi) is 7.62. The van der Waals surface area contributed by atoms with Gasteiger partial charge in [-0.1, -0.05) is 0 Å². The van der Waals surface area contributed by atoms with Gasteiger partial charge in [0.15, 0.2) is 0 Å². The van der Waals surface area contributed by atoms with Crippen molar-refractivity contribution in [2.75, 3.05) is 37.5 Å². The standard InChI is InChI=1S/C12H16N2O.C9H9N3OS.CH3F/c1-2-8-14(7-1)11-6-5-10-4-3-9-15-12(10)13-11;1-4-2-3-5-6(10)7(8(11)13)14-9(5)12-4;1-2/h5-6H,1-4,7-9H2;2-3H,10H2,1H3,(H2,11,13);1H3. The first-order chi connectivity index (χ1) is 15.0. The zero-order valence-corrected chi connectivity index (χ0v) is 18.7. The van der Waals surface area contributed by atoms with Gasteiger partial charge >= 0.3 is 0 Å². The van der Waals surface area contributed by atoms with Crippen LogP contribution in [0, 0.1) is 6.92 Å². The van der Waals surface area contributed by atoms with E-state index >= 15 is 0 Å². The van der Waals surface area contributed by atoms with Crippen molar-refractivity contribution in [2.24, 2.45) is 5.73 Å². The SMILES string of the molecule is CF.Cc1ccc2c(N)c(C(N)=O)sc2n1.c1cc2c(nc1N1CCCC1)OCCC2. The second-order valence-corrected chi connectivity index (χ2v) is 8.29. The third-order valence-corrected chi connectivity index (χ3v) is 6.27. The van der Waals surface area contributed by atoms with Crippen LogP contribution in [0.4, 0.5) is 15.9 Å². The first-order valence-corrected chi connectivity index (χ1v) is 11.1. The molecule has 1 fully saturated rings. The largest absolute Gasteiger partial charge is 0.477 e. The molecule has 0 atom stereocenters. The van der Waals surface area contributed by atoms with E-state index in [-0.39, 0.29) is 0 Å². The molecule has 1 saturated heterocycles. The van der Waals surface area contributed by atoms with E-state index in [1.54, 1.807) is 0 Å². The molecule has 7 nitrogen and oxygen atoms in total. The molecule has 0 bridgehead atoms. The maximum absolute atomic E-state index is 11.0. The monoisotopic (exact) mass is 445 g/mol. The molecule has 0 spiro atoms. The number of fused-ring (bicyclic) bond motifs is 2. The van der Waals surface area contributed by atoms with E-state index in [1.165, 1.54) is 29.7 Å². The maximum Gasteiger partial charge on any atom is 0.260 e. The lowest BCUT2D eigenvalue weighted by Crippen LogP contribution is -2.20.